The highest BCUT2D eigenvalue weighted by molar-refractivity contribution is 5.99. The van der Waals surface area contributed by atoms with E-state index < -0.39 is 23.6 Å². The second-order valence-electron chi connectivity index (χ2n) is 4.12. The Hall–Kier alpha value is -2.11. The number of carboxylic acids is 1. The highest BCUT2D eigenvalue weighted by Gasteiger charge is 2.48. The minimum atomic E-state index is -0.971. The van der Waals surface area contributed by atoms with Gasteiger partial charge in [0.2, 0.25) is 5.91 Å². The van der Waals surface area contributed by atoms with Crippen LogP contribution in [0, 0.1) is 17.7 Å². The lowest BCUT2D eigenvalue weighted by Crippen LogP contribution is -2.17. The van der Waals surface area contributed by atoms with Gasteiger partial charge in [-0.05, 0) is 18.6 Å². The number of rotatable bonds is 4. The Morgan fingerprint density at radius 3 is 2.72 bits per heavy atom. The minimum Gasteiger partial charge on any atom is -0.494 e. The molecule has 0 aliphatic heterocycles. The van der Waals surface area contributed by atoms with Gasteiger partial charge in [-0.2, -0.15) is 0 Å². The molecule has 0 heterocycles. The van der Waals surface area contributed by atoms with E-state index in [2.05, 4.69) is 5.32 Å². The zero-order valence-electron chi connectivity index (χ0n) is 9.64. The number of halogens is 1. The Morgan fingerprint density at radius 1 is 1.44 bits per heavy atom. The molecule has 1 aliphatic carbocycles. The largest absolute Gasteiger partial charge is 0.494 e. The van der Waals surface area contributed by atoms with Gasteiger partial charge < -0.3 is 15.2 Å². The van der Waals surface area contributed by atoms with Gasteiger partial charge in [-0.25, -0.2) is 4.39 Å². The number of anilines is 1. The number of carboxylic acid groups (broad SMARTS) is 1. The van der Waals surface area contributed by atoms with Crippen molar-refractivity contribution in [3.05, 3.63) is 24.0 Å². The molecule has 1 aromatic rings. The molecule has 2 rings (SSSR count). The summed E-state index contributed by atoms with van der Waals surface area (Å²) in [5.74, 6) is -2.75. The Labute approximate surface area is 103 Å². The molecule has 1 amide bonds. The van der Waals surface area contributed by atoms with Crippen molar-refractivity contribution in [2.75, 3.05) is 12.4 Å². The lowest BCUT2D eigenvalue weighted by atomic mass is 10.2. The summed E-state index contributed by atoms with van der Waals surface area (Å²) in [6, 6.07) is 3.72. The predicted molar refractivity (Wildman–Crippen MR) is 60.8 cm³/mol. The average molecular weight is 253 g/mol. The molecule has 6 heteroatoms. The van der Waals surface area contributed by atoms with Gasteiger partial charge in [-0.1, -0.05) is 0 Å². The van der Waals surface area contributed by atoms with Crippen molar-refractivity contribution in [3.8, 4) is 5.75 Å². The van der Waals surface area contributed by atoms with Crippen molar-refractivity contribution < 1.29 is 23.8 Å². The number of benzene rings is 1. The lowest BCUT2D eigenvalue weighted by Gasteiger charge is -2.09. The summed E-state index contributed by atoms with van der Waals surface area (Å²) in [6.07, 6.45) is 0.338. The summed E-state index contributed by atoms with van der Waals surface area (Å²) in [6.45, 7) is 0. The van der Waals surface area contributed by atoms with Crippen LogP contribution in [-0.2, 0) is 9.59 Å². The van der Waals surface area contributed by atoms with Gasteiger partial charge in [-0.3, -0.25) is 9.59 Å². The Morgan fingerprint density at radius 2 is 2.17 bits per heavy atom. The van der Waals surface area contributed by atoms with E-state index in [9.17, 15) is 14.0 Å². The number of aliphatic carboxylic acids is 1. The number of nitrogens with one attached hydrogen (secondary N) is 1. The fourth-order valence-corrected chi connectivity index (χ4v) is 1.75. The van der Waals surface area contributed by atoms with Gasteiger partial charge >= 0.3 is 5.97 Å². The van der Waals surface area contributed by atoms with Crippen molar-refractivity contribution in [1.82, 2.24) is 0 Å². The zero-order valence-corrected chi connectivity index (χ0v) is 9.64. The van der Waals surface area contributed by atoms with E-state index in [0.717, 1.165) is 6.07 Å². The fourth-order valence-electron chi connectivity index (χ4n) is 1.75. The molecule has 1 fully saturated rings. The number of amides is 1. The molecule has 5 nitrogen and oxygen atoms in total. The SMILES string of the molecule is COc1cc(F)ccc1NC(=O)[C@@H]1C[C@@H]1C(=O)O. The van der Waals surface area contributed by atoms with E-state index in [-0.39, 0.29) is 11.7 Å². The number of hydrogen-bond donors (Lipinski definition) is 2. The standard InChI is InChI=1S/C12H12FNO4/c1-18-10-4-6(13)2-3-9(10)14-11(15)7-5-8(7)12(16)17/h2-4,7-8H,5H2,1H3,(H,14,15)(H,16,17)/t7-,8+/m1/s1. The van der Waals surface area contributed by atoms with Gasteiger partial charge in [0.1, 0.15) is 11.6 Å². The molecule has 1 aliphatic rings. The highest BCUT2D eigenvalue weighted by Crippen LogP contribution is 2.40. The molecular weight excluding hydrogens is 241 g/mol. The monoisotopic (exact) mass is 253 g/mol. The quantitative estimate of drug-likeness (QED) is 0.852. The van der Waals surface area contributed by atoms with Crippen molar-refractivity contribution in [1.29, 1.82) is 0 Å². The van der Waals surface area contributed by atoms with Crippen LogP contribution in [0.15, 0.2) is 18.2 Å². The molecule has 2 N–H and O–H groups in total. The van der Waals surface area contributed by atoms with Crippen LogP contribution in [0.1, 0.15) is 6.42 Å². The first-order valence-corrected chi connectivity index (χ1v) is 5.40. The van der Waals surface area contributed by atoms with E-state index in [1.807, 2.05) is 0 Å². The van der Waals surface area contributed by atoms with Gasteiger partial charge in [-0.15, -0.1) is 0 Å². The van der Waals surface area contributed by atoms with E-state index in [1.54, 1.807) is 0 Å². The summed E-state index contributed by atoms with van der Waals surface area (Å²) >= 11 is 0. The smallest absolute Gasteiger partial charge is 0.307 e. The molecule has 0 spiro atoms. The second-order valence-corrected chi connectivity index (χ2v) is 4.12. The average Bonchev–Trinajstić information content (AvgIpc) is 3.11. The van der Waals surface area contributed by atoms with Crippen LogP contribution in [0.5, 0.6) is 5.75 Å². The number of carbonyl (C=O) groups excluding carboxylic acids is 1. The van der Waals surface area contributed by atoms with Crippen LogP contribution in [0.3, 0.4) is 0 Å². The molecule has 0 bridgehead atoms. The third-order valence-electron chi connectivity index (χ3n) is 2.87. The van der Waals surface area contributed by atoms with Crippen LogP contribution in [0.2, 0.25) is 0 Å². The zero-order chi connectivity index (χ0) is 13.3. The summed E-state index contributed by atoms with van der Waals surface area (Å²) in [5, 5.41) is 11.3. The van der Waals surface area contributed by atoms with Crippen LogP contribution in [0.4, 0.5) is 10.1 Å². The molecule has 0 unspecified atom stereocenters. The summed E-state index contributed by atoms with van der Waals surface area (Å²) in [5.41, 5.74) is 0.333. The number of methoxy groups -OCH3 is 1. The van der Waals surface area contributed by atoms with Crippen molar-refractivity contribution in [2.45, 2.75) is 6.42 Å². The fraction of sp³-hybridized carbons (Fsp3) is 0.333. The molecule has 96 valence electrons. The maximum absolute atomic E-state index is 12.9. The molecule has 1 saturated carbocycles. The van der Waals surface area contributed by atoms with Crippen LogP contribution in [0.25, 0.3) is 0 Å². The highest BCUT2D eigenvalue weighted by atomic mass is 19.1. The minimum absolute atomic E-state index is 0.205. The van der Waals surface area contributed by atoms with Crippen LogP contribution < -0.4 is 10.1 Å². The van der Waals surface area contributed by atoms with Gasteiger partial charge in [0.05, 0.1) is 24.6 Å². The van der Waals surface area contributed by atoms with Crippen molar-refractivity contribution in [2.24, 2.45) is 11.8 Å². The lowest BCUT2D eigenvalue weighted by molar-refractivity contribution is -0.139. The first kappa shape index (κ1) is 12.3. The predicted octanol–water partition coefficient (Wildman–Crippen LogP) is 1.49. The normalized spacial score (nSPS) is 21.2. The topological polar surface area (TPSA) is 75.6 Å². The first-order valence-electron chi connectivity index (χ1n) is 5.40. The maximum Gasteiger partial charge on any atom is 0.307 e. The molecule has 1 aromatic carbocycles. The molecule has 0 radical (unpaired) electrons. The Kier molecular flexibility index (Phi) is 3.18. The molecule has 0 aromatic heterocycles. The molecule has 2 atom stereocenters. The van der Waals surface area contributed by atoms with E-state index in [0.29, 0.717) is 12.1 Å². The molecular formula is C12H12FNO4. The summed E-state index contributed by atoms with van der Waals surface area (Å²) < 4.78 is 17.9. The van der Waals surface area contributed by atoms with E-state index >= 15 is 0 Å². The molecule has 0 saturated heterocycles. The number of ether oxygens (including phenoxy) is 1. The number of hydrogen-bond acceptors (Lipinski definition) is 3. The van der Waals surface area contributed by atoms with Crippen molar-refractivity contribution >= 4 is 17.6 Å². The van der Waals surface area contributed by atoms with Crippen LogP contribution in [-0.4, -0.2) is 24.1 Å². The van der Waals surface area contributed by atoms with Gasteiger partial charge in [0.15, 0.2) is 0 Å². The maximum atomic E-state index is 12.9. The van der Waals surface area contributed by atoms with Gasteiger partial charge in [0, 0.05) is 6.07 Å². The molecule has 18 heavy (non-hydrogen) atoms. The van der Waals surface area contributed by atoms with Crippen molar-refractivity contribution in [3.63, 3.8) is 0 Å². The van der Waals surface area contributed by atoms with E-state index in [4.69, 9.17) is 9.84 Å². The van der Waals surface area contributed by atoms with Crippen LogP contribution >= 0.6 is 0 Å². The van der Waals surface area contributed by atoms with E-state index in [1.165, 1.54) is 19.2 Å². The summed E-state index contributed by atoms with van der Waals surface area (Å²) in [7, 11) is 1.36. The van der Waals surface area contributed by atoms with Gasteiger partial charge in [0.25, 0.3) is 0 Å². The third-order valence-corrected chi connectivity index (χ3v) is 2.87. The number of carbonyl (C=O) groups is 2. The second kappa shape index (κ2) is 4.64. The third kappa shape index (κ3) is 2.42. The Balaban J connectivity index is 2.06. The first-order chi connectivity index (χ1) is 8.52. The Bertz CT molecular complexity index is 503. The summed E-state index contributed by atoms with van der Waals surface area (Å²) in [4.78, 5) is 22.4.